The highest BCUT2D eigenvalue weighted by Crippen LogP contribution is 2.30. The molecule has 1 aromatic carbocycles. The van der Waals surface area contributed by atoms with Crippen LogP contribution in [-0.4, -0.2) is 36.4 Å². The lowest BCUT2D eigenvalue weighted by Crippen LogP contribution is -2.25. The Kier molecular flexibility index (Phi) is 5.94. The summed E-state index contributed by atoms with van der Waals surface area (Å²) in [6.07, 6.45) is 0. The smallest absolute Gasteiger partial charge is 0.236 e. The first-order valence-corrected chi connectivity index (χ1v) is 10.2. The summed E-state index contributed by atoms with van der Waals surface area (Å²) < 4.78 is 17.1. The standard InChI is InChI=1S/C20H22FN7OS/c1-12-13(2)27(15-8-6-7-14(21)9-15)18(16(12)10-22)23-17(29)11-30-19-24-25-26-28(19)20(3,4)5/h6-9H,11H2,1-5H3,(H,23,29). The van der Waals surface area contributed by atoms with Gasteiger partial charge in [-0.15, -0.1) is 5.10 Å². The summed E-state index contributed by atoms with van der Waals surface area (Å²) in [5.74, 6) is -0.360. The van der Waals surface area contributed by atoms with E-state index in [9.17, 15) is 14.4 Å². The van der Waals surface area contributed by atoms with Crippen LogP contribution in [0.15, 0.2) is 29.4 Å². The van der Waals surface area contributed by atoms with Crippen molar-refractivity contribution in [2.24, 2.45) is 0 Å². The lowest BCUT2D eigenvalue weighted by molar-refractivity contribution is -0.113. The molecule has 0 radical (unpaired) electrons. The molecule has 30 heavy (non-hydrogen) atoms. The van der Waals surface area contributed by atoms with Gasteiger partial charge in [0.1, 0.15) is 17.7 Å². The summed E-state index contributed by atoms with van der Waals surface area (Å²) in [6, 6.07) is 8.14. The maximum absolute atomic E-state index is 13.8. The second-order valence-corrected chi connectivity index (χ2v) is 8.68. The average Bonchev–Trinajstić information content (AvgIpc) is 3.24. The number of rotatable bonds is 5. The monoisotopic (exact) mass is 427 g/mol. The van der Waals surface area contributed by atoms with Crippen molar-refractivity contribution < 1.29 is 9.18 Å². The first-order chi connectivity index (χ1) is 14.1. The molecule has 2 aromatic heterocycles. The third-order valence-corrected chi connectivity index (χ3v) is 5.48. The number of thioether (sulfide) groups is 1. The summed E-state index contributed by atoms with van der Waals surface area (Å²) >= 11 is 1.20. The minimum atomic E-state index is -0.404. The Bertz CT molecular complexity index is 1140. The number of nitrogens with one attached hydrogen (secondary N) is 1. The van der Waals surface area contributed by atoms with Crippen LogP contribution >= 0.6 is 11.8 Å². The van der Waals surface area contributed by atoms with Gasteiger partial charge < -0.3 is 5.32 Å². The van der Waals surface area contributed by atoms with E-state index < -0.39 is 5.82 Å². The van der Waals surface area contributed by atoms with Gasteiger partial charge in [0.25, 0.3) is 0 Å². The van der Waals surface area contributed by atoms with Crippen LogP contribution in [0.1, 0.15) is 37.6 Å². The van der Waals surface area contributed by atoms with Crippen LogP contribution in [0.25, 0.3) is 5.69 Å². The normalized spacial score (nSPS) is 11.4. The minimum absolute atomic E-state index is 0.0494. The molecule has 2 heterocycles. The molecule has 156 valence electrons. The Morgan fingerprint density at radius 2 is 2.07 bits per heavy atom. The van der Waals surface area contributed by atoms with Gasteiger partial charge in [-0.1, -0.05) is 17.8 Å². The van der Waals surface area contributed by atoms with Gasteiger partial charge in [-0.25, -0.2) is 9.07 Å². The zero-order valence-corrected chi connectivity index (χ0v) is 18.2. The Labute approximate surface area is 178 Å². The number of carbonyl (C=O) groups excluding carboxylic acids is 1. The summed E-state index contributed by atoms with van der Waals surface area (Å²) in [7, 11) is 0. The van der Waals surface area contributed by atoms with Crippen molar-refractivity contribution in [2.75, 3.05) is 11.1 Å². The molecule has 3 aromatic rings. The predicted octanol–water partition coefficient (Wildman–Crippen LogP) is 3.58. The summed E-state index contributed by atoms with van der Waals surface area (Å²) in [5, 5.41) is 24.6. The van der Waals surface area contributed by atoms with Gasteiger partial charge in [0, 0.05) is 5.69 Å². The molecule has 0 bridgehead atoms. The van der Waals surface area contributed by atoms with E-state index in [1.54, 1.807) is 28.3 Å². The van der Waals surface area contributed by atoms with E-state index in [0.717, 1.165) is 11.3 Å². The van der Waals surface area contributed by atoms with Crippen LogP contribution < -0.4 is 5.32 Å². The maximum atomic E-state index is 13.8. The molecule has 3 rings (SSSR count). The number of nitrogens with zero attached hydrogens (tertiary/aromatic N) is 6. The third-order valence-electron chi connectivity index (χ3n) is 4.56. The van der Waals surface area contributed by atoms with Gasteiger partial charge in [-0.05, 0) is 68.8 Å². The van der Waals surface area contributed by atoms with Crippen LogP contribution in [0.3, 0.4) is 0 Å². The van der Waals surface area contributed by atoms with Gasteiger partial charge in [0.2, 0.25) is 11.1 Å². The van der Waals surface area contributed by atoms with E-state index >= 15 is 0 Å². The molecule has 0 fully saturated rings. The molecule has 0 aliphatic heterocycles. The van der Waals surface area contributed by atoms with Crippen LogP contribution in [0.5, 0.6) is 0 Å². The number of hydrogen-bond acceptors (Lipinski definition) is 6. The largest absolute Gasteiger partial charge is 0.310 e. The van der Waals surface area contributed by atoms with Gasteiger partial charge in [0.15, 0.2) is 0 Å². The van der Waals surface area contributed by atoms with Crippen LogP contribution in [0.4, 0.5) is 10.2 Å². The van der Waals surface area contributed by atoms with Crippen molar-refractivity contribution >= 4 is 23.5 Å². The molecule has 0 saturated heterocycles. The average molecular weight is 428 g/mol. The second kappa shape index (κ2) is 8.28. The molecule has 0 spiro atoms. The summed E-state index contributed by atoms with van der Waals surface area (Å²) in [4.78, 5) is 12.7. The molecule has 0 aliphatic rings. The lowest BCUT2D eigenvalue weighted by Gasteiger charge is -2.19. The maximum Gasteiger partial charge on any atom is 0.236 e. The topological polar surface area (TPSA) is 101 Å². The van der Waals surface area contributed by atoms with Crippen molar-refractivity contribution in [2.45, 2.75) is 45.3 Å². The molecule has 0 atom stereocenters. The lowest BCUT2D eigenvalue weighted by atomic mass is 10.1. The molecule has 0 unspecified atom stereocenters. The van der Waals surface area contributed by atoms with E-state index in [1.165, 1.54) is 23.9 Å². The first-order valence-electron chi connectivity index (χ1n) is 9.23. The van der Waals surface area contributed by atoms with Crippen molar-refractivity contribution in [1.29, 1.82) is 5.26 Å². The highest BCUT2D eigenvalue weighted by molar-refractivity contribution is 7.99. The number of carbonyl (C=O) groups is 1. The Hall–Kier alpha value is -3.19. The van der Waals surface area contributed by atoms with Crippen molar-refractivity contribution in [3.63, 3.8) is 0 Å². The fourth-order valence-electron chi connectivity index (χ4n) is 2.99. The SMILES string of the molecule is Cc1c(C#N)c(NC(=O)CSc2nnnn2C(C)(C)C)n(-c2cccc(F)c2)c1C. The molecule has 0 aliphatic carbocycles. The van der Waals surface area contributed by atoms with Crippen LogP contribution in [0.2, 0.25) is 0 Å². The quantitative estimate of drug-likeness (QED) is 0.625. The number of hydrogen-bond donors (Lipinski definition) is 1. The predicted molar refractivity (Wildman–Crippen MR) is 112 cm³/mol. The number of benzene rings is 1. The Morgan fingerprint density at radius 1 is 1.33 bits per heavy atom. The summed E-state index contributed by atoms with van der Waals surface area (Å²) in [6.45, 7) is 9.51. The van der Waals surface area contributed by atoms with Crippen molar-refractivity contribution in [3.05, 3.63) is 46.9 Å². The summed E-state index contributed by atoms with van der Waals surface area (Å²) in [5.41, 5.74) is 2.01. The van der Waals surface area contributed by atoms with E-state index in [-0.39, 0.29) is 17.2 Å². The fraction of sp³-hybridized carbons (Fsp3) is 0.350. The fourth-order valence-corrected chi connectivity index (χ4v) is 3.85. The number of halogens is 1. The highest BCUT2D eigenvalue weighted by atomic mass is 32.2. The first kappa shape index (κ1) is 21.5. The van der Waals surface area contributed by atoms with E-state index in [2.05, 4.69) is 26.9 Å². The second-order valence-electron chi connectivity index (χ2n) is 7.74. The highest BCUT2D eigenvalue weighted by Gasteiger charge is 2.23. The number of anilines is 1. The minimum Gasteiger partial charge on any atom is -0.310 e. The van der Waals surface area contributed by atoms with Crippen LogP contribution in [0, 0.1) is 31.0 Å². The number of amides is 1. The van der Waals surface area contributed by atoms with E-state index in [0.29, 0.717) is 22.2 Å². The molecule has 0 saturated carbocycles. The van der Waals surface area contributed by atoms with Gasteiger partial charge in [0.05, 0.1) is 22.5 Å². The van der Waals surface area contributed by atoms with Crippen LogP contribution in [-0.2, 0) is 10.3 Å². The zero-order valence-electron chi connectivity index (χ0n) is 17.4. The number of tetrazole rings is 1. The number of nitriles is 1. The van der Waals surface area contributed by atoms with E-state index in [1.807, 2.05) is 27.7 Å². The zero-order chi connectivity index (χ0) is 22.1. The third kappa shape index (κ3) is 4.21. The molecular formula is C20H22FN7OS. The molecule has 8 nitrogen and oxygen atoms in total. The van der Waals surface area contributed by atoms with Gasteiger partial charge >= 0.3 is 0 Å². The van der Waals surface area contributed by atoms with Gasteiger partial charge in [-0.3, -0.25) is 9.36 Å². The molecule has 1 amide bonds. The molecule has 10 heteroatoms. The number of aromatic nitrogens is 5. The Morgan fingerprint density at radius 3 is 2.70 bits per heavy atom. The van der Waals surface area contributed by atoms with E-state index in [4.69, 9.17) is 0 Å². The molecular weight excluding hydrogens is 405 g/mol. The van der Waals surface area contributed by atoms with Crippen molar-refractivity contribution in [1.82, 2.24) is 24.8 Å². The Balaban J connectivity index is 1.88. The molecule has 1 N–H and O–H groups in total. The van der Waals surface area contributed by atoms with Crippen molar-refractivity contribution in [3.8, 4) is 11.8 Å². The van der Waals surface area contributed by atoms with Gasteiger partial charge in [-0.2, -0.15) is 5.26 Å².